The van der Waals surface area contributed by atoms with Gasteiger partial charge >= 0.3 is 5.69 Å². The highest BCUT2D eigenvalue weighted by Gasteiger charge is 2.17. The summed E-state index contributed by atoms with van der Waals surface area (Å²) in [5.74, 6) is -0.0618. The van der Waals surface area contributed by atoms with Gasteiger partial charge in [-0.3, -0.25) is 4.98 Å². The van der Waals surface area contributed by atoms with E-state index in [-0.39, 0.29) is 10.9 Å². The SMILES string of the molecule is BCCCn1nc(S(=O)(=O)CC)[nH]c1=O. The zero-order valence-electron chi connectivity index (χ0n) is 8.86. The normalized spacial score (nSPS) is 11.8. The summed E-state index contributed by atoms with van der Waals surface area (Å²) < 4.78 is 23.9. The average Bonchev–Trinajstić information content (AvgIpc) is 2.57. The first-order valence-electron chi connectivity index (χ1n) is 4.91. The molecule has 0 radical (unpaired) electrons. The molecule has 1 heterocycles. The average molecular weight is 231 g/mol. The minimum atomic E-state index is -3.41. The summed E-state index contributed by atoms with van der Waals surface area (Å²) in [6, 6.07) is 0. The van der Waals surface area contributed by atoms with Gasteiger partial charge in [0.15, 0.2) is 0 Å². The van der Waals surface area contributed by atoms with Crippen LogP contribution in [0.3, 0.4) is 0 Å². The molecular formula is C7H14BN3O3S. The van der Waals surface area contributed by atoms with Crippen molar-refractivity contribution in [2.24, 2.45) is 0 Å². The number of nitrogens with one attached hydrogen (secondary N) is 1. The van der Waals surface area contributed by atoms with Gasteiger partial charge < -0.3 is 0 Å². The molecule has 1 aromatic rings. The minimum absolute atomic E-state index is 0.0618. The Morgan fingerprint density at radius 1 is 1.53 bits per heavy atom. The zero-order valence-corrected chi connectivity index (χ0v) is 9.67. The van der Waals surface area contributed by atoms with E-state index in [4.69, 9.17) is 0 Å². The first-order chi connectivity index (χ1) is 7.01. The fourth-order valence-electron chi connectivity index (χ4n) is 1.07. The predicted molar refractivity (Wildman–Crippen MR) is 58.5 cm³/mol. The molecule has 0 aliphatic rings. The molecule has 1 N–H and O–H groups in total. The smallest absolute Gasteiger partial charge is 0.280 e. The predicted octanol–water partition coefficient (Wildman–Crippen LogP) is -1.19. The maximum absolute atomic E-state index is 11.4. The molecule has 8 heteroatoms. The van der Waals surface area contributed by atoms with Crippen LogP contribution in [0.15, 0.2) is 9.95 Å². The number of aromatic nitrogens is 3. The number of rotatable bonds is 5. The molecular weight excluding hydrogens is 217 g/mol. The van der Waals surface area contributed by atoms with E-state index in [1.807, 2.05) is 7.85 Å². The monoisotopic (exact) mass is 231 g/mol. The van der Waals surface area contributed by atoms with Crippen molar-refractivity contribution in [1.29, 1.82) is 0 Å². The maximum Gasteiger partial charge on any atom is 0.344 e. The van der Waals surface area contributed by atoms with Gasteiger partial charge in [-0.25, -0.2) is 17.9 Å². The highest BCUT2D eigenvalue weighted by molar-refractivity contribution is 7.91. The van der Waals surface area contributed by atoms with Crippen LogP contribution >= 0.6 is 0 Å². The van der Waals surface area contributed by atoms with E-state index in [1.54, 1.807) is 0 Å². The van der Waals surface area contributed by atoms with Crippen LogP contribution < -0.4 is 5.69 Å². The molecule has 6 nitrogen and oxygen atoms in total. The highest BCUT2D eigenvalue weighted by atomic mass is 32.2. The van der Waals surface area contributed by atoms with Crippen LogP contribution in [0.5, 0.6) is 0 Å². The Hall–Kier alpha value is -1.05. The summed E-state index contributed by atoms with van der Waals surface area (Å²) >= 11 is 0. The van der Waals surface area contributed by atoms with Crippen molar-refractivity contribution in [2.75, 3.05) is 5.75 Å². The molecule has 15 heavy (non-hydrogen) atoms. The summed E-state index contributed by atoms with van der Waals surface area (Å²) in [6.45, 7) is 1.96. The second-order valence-electron chi connectivity index (χ2n) is 3.22. The molecule has 0 unspecified atom stereocenters. The van der Waals surface area contributed by atoms with Crippen molar-refractivity contribution < 1.29 is 8.42 Å². The quantitative estimate of drug-likeness (QED) is 0.645. The van der Waals surface area contributed by atoms with Crippen molar-refractivity contribution >= 4 is 17.7 Å². The topological polar surface area (TPSA) is 84.8 Å². The van der Waals surface area contributed by atoms with Crippen LogP contribution in [0.2, 0.25) is 6.32 Å². The molecule has 0 fully saturated rings. The second-order valence-corrected chi connectivity index (χ2v) is 5.41. The number of H-pyrrole nitrogens is 1. The maximum atomic E-state index is 11.4. The molecule has 0 aliphatic carbocycles. The van der Waals surface area contributed by atoms with Crippen LogP contribution in [0.4, 0.5) is 0 Å². The van der Waals surface area contributed by atoms with E-state index in [1.165, 1.54) is 6.92 Å². The van der Waals surface area contributed by atoms with Gasteiger partial charge in [0.2, 0.25) is 15.0 Å². The fraction of sp³-hybridized carbons (Fsp3) is 0.714. The lowest BCUT2D eigenvalue weighted by atomic mass is 10.0. The van der Waals surface area contributed by atoms with Crippen LogP contribution in [-0.2, 0) is 16.4 Å². The van der Waals surface area contributed by atoms with E-state index < -0.39 is 15.5 Å². The van der Waals surface area contributed by atoms with Crippen molar-refractivity contribution in [3.8, 4) is 0 Å². The summed E-state index contributed by atoms with van der Waals surface area (Å²) in [5.41, 5.74) is -0.463. The van der Waals surface area contributed by atoms with Gasteiger partial charge in [0, 0.05) is 6.54 Å². The van der Waals surface area contributed by atoms with Crippen LogP contribution in [0.1, 0.15) is 13.3 Å². The molecule has 0 atom stereocenters. The van der Waals surface area contributed by atoms with E-state index in [0.717, 1.165) is 17.4 Å². The van der Waals surface area contributed by atoms with Gasteiger partial charge in [-0.2, -0.15) is 0 Å². The summed E-state index contributed by atoms with van der Waals surface area (Å²) in [6.07, 6.45) is 1.73. The lowest BCUT2D eigenvalue weighted by molar-refractivity contribution is 0.558. The largest absolute Gasteiger partial charge is 0.344 e. The second kappa shape index (κ2) is 4.65. The Bertz CT molecular complexity index is 476. The van der Waals surface area contributed by atoms with Crippen molar-refractivity contribution in [3.63, 3.8) is 0 Å². The van der Waals surface area contributed by atoms with Crippen LogP contribution in [0, 0.1) is 0 Å². The van der Waals surface area contributed by atoms with Gasteiger partial charge in [-0.1, -0.05) is 13.2 Å². The van der Waals surface area contributed by atoms with Crippen LogP contribution in [-0.4, -0.2) is 36.8 Å². The van der Waals surface area contributed by atoms with Gasteiger partial charge in [0.1, 0.15) is 7.85 Å². The first kappa shape index (κ1) is 12.0. The van der Waals surface area contributed by atoms with Gasteiger partial charge in [0.25, 0.3) is 0 Å². The van der Waals surface area contributed by atoms with Crippen molar-refractivity contribution in [1.82, 2.24) is 14.8 Å². The third-order valence-electron chi connectivity index (χ3n) is 2.06. The van der Waals surface area contributed by atoms with E-state index >= 15 is 0 Å². The highest BCUT2D eigenvalue weighted by Crippen LogP contribution is 2.01. The summed E-state index contributed by atoms with van der Waals surface area (Å²) in [5, 5.41) is 3.52. The van der Waals surface area contributed by atoms with Gasteiger partial charge in [-0.15, -0.1) is 5.10 Å². The molecule has 0 saturated heterocycles. The number of hydrogen-bond acceptors (Lipinski definition) is 4. The molecule has 0 aromatic carbocycles. The van der Waals surface area contributed by atoms with Crippen LogP contribution in [0.25, 0.3) is 0 Å². The molecule has 0 aliphatic heterocycles. The van der Waals surface area contributed by atoms with Crippen molar-refractivity contribution in [3.05, 3.63) is 10.5 Å². The minimum Gasteiger partial charge on any atom is -0.280 e. The fourth-order valence-corrected chi connectivity index (χ4v) is 1.81. The summed E-state index contributed by atoms with van der Waals surface area (Å²) in [4.78, 5) is 13.5. The summed E-state index contributed by atoms with van der Waals surface area (Å²) in [7, 11) is -1.42. The number of hydrogen-bond donors (Lipinski definition) is 1. The van der Waals surface area contributed by atoms with E-state index in [2.05, 4.69) is 10.1 Å². The number of aromatic amines is 1. The first-order valence-corrected chi connectivity index (χ1v) is 6.56. The molecule has 84 valence electrons. The molecule has 0 spiro atoms. The molecule has 1 aromatic heterocycles. The lowest BCUT2D eigenvalue weighted by Crippen LogP contribution is -2.17. The van der Waals surface area contributed by atoms with Gasteiger partial charge in [-0.05, 0) is 6.42 Å². The zero-order chi connectivity index (χ0) is 11.5. The molecule has 1 rings (SSSR count). The Morgan fingerprint density at radius 3 is 2.73 bits per heavy atom. The Labute approximate surface area is 89.0 Å². The van der Waals surface area contributed by atoms with E-state index in [9.17, 15) is 13.2 Å². The molecule has 0 bridgehead atoms. The standard InChI is InChI=1S/C7H14BN3O3S/c1-2-15(13,14)6-9-7(12)11(10-6)5-3-4-8/h2-5,8H2,1H3,(H,9,10,12). The Kier molecular flexibility index (Phi) is 3.73. The third-order valence-corrected chi connectivity index (χ3v) is 3.59. The third kappa shape index (κ3) is 2.71. The molecule has 0 saturated carbocycles. The Morgan fingerprint density at radius 2 is 2.20 bits per heavy atom. The van der Waals surface area contributed by atoms with E-state index in [0.29, 0.717) is 6.54 Å². The number of sulfone groups is 1. The number of aryl methyl sites for hydroxylation is 1. The van der Waals surface area contributed by atoms with Gasteiger partial charge in [0.05, 0.1) is 5.75 Å². The number of nitrogens with zero attached hydrogens (tertiary/aromatic N) is 2. The molecule has 0 amide bonds. The van der Waals surface area contributed by atoms with Crippen molar-refractivity contribution in [2.45, 2.75) is 31.4 Å². The Balaban J connectivity index is 3.01. The lowest BCUT2D eigenvalue weighted by Gasteiger charge is -1.96.